The van der Waals surface area contributed by atoms with Crippen molar-refractivity contribution in [3.63, 3.8) is 0 Å². The fourth-order valence-corrected chi connectivity index (χ4v) is 1.15. The maximum absolute atomic E-state index is 10.0. The maximum atomic E-state index is 10.0. The molecule has 6 nitrogen and oxygen atoms in total. The minimum absolute atomic E-state index is 0.0185. The Morgan fingerprint density at radius 3 is 2.05 bits per heavy atom. The van der Waals surface area contributed by atoms with E-state index < -0.39 is 0 Å². The minimum Gasteiger partial charge on any atom is -0.473 e. The summed E-state index contributed by atoms with van der Waals surface area (Å²) in [5.74, 6) is -0.0185. The van der Waals surface area contributed by atoms with Gasteiger partial charge in [-0.3, -0.25) is 9.79 Å². The molecular formula is C15H18N4O2. The summed E-state index contributed by atoms with van der Waals surface area (Å²) in [7, 11) is 0. The Morgan fingerprint density at radius 1 is 1.10 bits per heavy atom. The van der Waals surface area contributed by atoms with Crippen LogP contribution in [-0.2, 0) is 4.79 Å². The highest BCUT2D eigenvalue weighted by Gasteiger charge is 1.98. The first kappa shape index (κ1) is 16.3. The number of hydrogen-bond donors (Lipinski definition) is 1. The fourth-order valence-electron chi connectivity index (χ4n) is 1.15. The summed E-state index contributed by atoms with van der Waals surface area (Å²) >= 11 is 0. The van der Waals surface area contributed by atoms with Gasteiger partial charge in [-0.25, -0.2) is 0 Å². The summed E-state index contributed by atoms with van der Waals surface area (Å²) in [6.45, 7) is 1.08. The van der Waals surface area contributed by atoms with E-state index in [4.69, 9.17) is 0 Å². The molecule has 1 N–H and O–H groups in total. The molecule has 0 spiro atoms. The molecule has 0 radical (unpaired) electrons. The number of allylic oxidation sites excluding steroid dienone is 4. The molecular weight excluding hydrogens is 268 g/mol. The number of hydrogen-bond acceptors (Lipinski definition) is 5. The van der Waals surface area contributed by atoms with Crippen molar-refractivity contribution in [2.45, 2.75) is 6.42 Å². The molecule has 4 rings (SSSR count). The molecule has 6 heteroatoms. The first-order valence-electron chi connectivity index (χ1n) is 6.47. The Labute approximate surface area is 123 Å². The van der Waals surface area contributed by atoms with Crippen LogP contribution in [0, 0.1) is 0 Å². The van der Waals surface area contributed by atoms with Gasteiger partial charge in [0.05, 0.1) is 25.4 Å². The van der Waals surface area contributed by atoms with Crippen molar-refractivity contribution in [1.82, 2.24) is 5.32 Å². The second-order valence-corrected chi connectivity index (χ2v) is 3.75. The summed E-state index contributed by atoms with van der Waals surface area (Å²) in [6, 6.07) is 3.67. The Hall–Kier alpha value is -2.76. The van der Waals surface area contributed by atoms with Gasteiger partial charge in [0.2, 0.25) is 5.91 Å². The summed E-state index contributed by atoms with van der Waals surface area (Å²) in [5, 5.41) is 9.51. The Bertz CT molecular complexity index is 445. The quantitative estimate of drug-likeness (QED) is 0.795. The SMILES string of the molecule is C1=CCC=C1.C1=CN=NC1.O=C1CN=CN1.c1ccoc1. The highest BCUT2D eigenvalue weighted by Crippen LogP contribution is 1.93. The number of aliphatic imine (C=N–C) groups is 1. The van der Waals surface area contributed by atoms with Gasteiger partial charge in [-0.2, -0.15) is 10.2 Å². The van der Waals surface area contributed by atoms with E-state index in [1.807, 2.05) is 18.2 Å². The molecule has 0 aromatic carbocycles. The lowest BCUT2D eigenvalue weighted by atomic mass is 10.5. The number of carbonyl (C=O) groups excluding carboxylic acids is 1. The number of furan rings is 1. The monoisotopic (exact) mass is 286 g/mol. The van der Waals surface area contributed by atoms with Crippen molar-refractivity contribution >= 4 is 12.2 Å². The van der Waals surface area contributed by atoms with Crippen LogP contribution in [-0.4, -0.2) is 25.3 Å². The van der Waals surface area contributed by atoms with E-state index in [1.165, 1.54) is 6.34 Å². The molecule has 0 bridgehead atoms. The third-order valence-corrected chi connectivity index (χ3v) is 2.07. The molecule has 0 unspecified atom stereocenters. The van der Waals surface area contributed by atoms with Gasteiger partial charge >= 0.3 is 0 Å². The smallest absolute Gasteiger partial charge is 0.246 e. The number of rotatable bonds is 0. The number of azo groups is 1. The lowest BCUT2D eigenvalue weighted by Crippen LogP contribution is -2.15. The molecule has 1 amide bonds. The van der Waals surface area contributed by atoms with Crippen molar-refractivity contribution in [2.24, 2.45) is 15.2 Å². The molecule has 2 aliphatic heterocycles. The van der Waals surface area contributed by atoms with Gasteiger partial charge in [0.25, 0.3) is 0 Å². The topological polar surface area (TPSA) is 79.3 Å². The predicted octanol–water partition coefficient (Wildman–Crippen LogP) is 2.89. The lowest BCUT2D eigenvalue weighted by molar-refractivity contribution is -0.117. The summed E-state index contributed by atoms with van der Waals surface area (Å²) < 4.78 is 4.58. The van der Waals surface area contributed by atoms with E-state index in [9.17, 15) is 4.79 Å². The minimum atomic E-state index is -0.0185. The first-order valence-corrected chi connectivity index (χ1v) is 6.47. The zero-order valence-electron chi connectivity index (χ0n) is 11.6. The normalized spacial score (nSPS) is 15.5. The van der Waals surface area contributed by atoms with Crippen LogP contribution in [0.4, 0.5) is 0 Å². The van der Waals surface area contributed by atoms with Gasteiger partial charge in [0.1, 0.15) is 6.54 Å². The van der Waals surface area contributed by atoms with E-state index in [0.29, 0.717) is 6.54 Å². The molecule has 0 atom stereocenters. The molecule has 0 saturated heterocycles. The van der Waals surface area contributed by atoms with E-state index >= 15 is 0 Å². The van der Waals surface area contributed by atoms with Crippen molar-refractivity contribution in [1.29, 1.82) is 0 Å². The van der Waals surface area contributed by atoms with Crippen molar-refractivity contribution in [3.8, 4) is 0 Å². The van der Waals surface area contributed by atoms with E-state index in [-0.39, 0.29) is 5.91 Å². The average molecular weight is 286 g/mol. The molecule has 1 aromatic heterocycles. The van der Waals surface area contributed by atoms with E-state index in [0.717, 1.165) is 13.0 Å². The van der Waals surface area contributed by atoms with E-state index in [2.05, 4.69) is 49.3 Å². The third-order valence-electron chi connectivity index (χ3n) is 2.07. The van der Waals surface area contributed by atoms with Crippen LogP contribution in [0.15, 0.2) is 80.9 Å². The molecule has 3 heterocycles. The molecule has 1 aliphatic carbocycles. The largest absolute Gasteiger partial charge is 0.473 e. The second-order valence-electron chi connectivity index (χ2n) is 3.75. The fraction of sp³-hybridized carbons (Fsp3) is 0.200. The van der Waals surface area contributed by atoms with Crippen molar-refractivity contribution < 1.29 is 9.21 Å². The van der Waals surface area contributed by atoms with Gasteiger partial charge in [-0.15, -0.1) is 0 Å². The molecule has 110 valence electrons. The zero-order chi connectivity index (χ0) is 15.0. The van der Waals surface area contributed by atoms with Crippen LogP contribution in [0.1, 0.15) is 6.42 Å². The second kappa shape index (κ2) is 12.3. The van der Waals surface area contributed by atoms with Gasteiger partial charge in [-0.05, 0) is 24.6 Å². The van der Waals surface area contributed by atoms with Gasteiger partial charge in [0, 0.05) is 6.20 Å². The summed E-state index contributed by atoms with van der Waals surface area (Å²) in [6.07, 6.45) is 17.8. The van der Waals surface area contributed by atoms with Crippen LogP contribution < -0.4 is 5.32 Å². The van der Waals surface area contributed by atoms with Gasteiger partial charge < -0.3 is 9.73 Å². The van der Waals surface area contributed by atoms with E-state index in [1.54, 1.807) is 18.7 Å². The highest BCUT2D eigenvalue weighted by molar-refractivity contribution is 5.93. The maximum Gasteiger partial charge on any atom is 0.246 e. The summed E-state index contributed by atoms with van der Waals surface area (Å²) in [5.41, 5.74) is 0. The first-order chi connectivity index (χ1) is 10.4. The Morgan fingerprint density at radius 2 is 1.86 bits per heavy atom. The average Bonchev–Trinajstić information content (AvgIpc) is 3.28. The molecule has 1 aromatic rings. The van der Waals surface area contributed by atoms with Crippen LogP contribution in [0.3, 0.4) is 0 Å². The van der Waals surface area contributed by atoms with Crippen molar-refractivity contribution in [2.75, 3.05) is 13.1 Å². The molecule has 3 aliphatic rings. The summed E-state index contributed by atoms with van der Waals surface area (Å²) in [4.78, 5) is 13.6. The van der Waals surface area contributed by atoms with Crippen molar-refractivity contribution in [3.05, 3.63) is 61.2 Å². The third kappa shape index (κ3) is 10.8. The number of amides is 1. The number of nitrogens with one attached hydrogen (secondary N) is 1. The molecule has 0 saturated carbocycles. The Balaban J connectivity index is 0.000000140. The predicted molar refractivity (Wildman–Crippen MR) is 82.0 cm³/mol. The van der Waals surface area contributed by atoms with Crippen LogP contribution in [0.25, 0.3) is 0 Å². The molecule has 21 heavy (non-hydrogen) atoms. The Kier molecular flexibility index (Phi) is 9.53. The van der Waals surface area contributed by atoms with Crippen LogP contribution in [0.2, 0.25) is 0 Å². The standard InChI is InChI=1S/C5H6.C4H4O.C3H4N2O.C3H4N2/c2*1-2-4-5-3-1;6-3-1-4-2-5-3;1-2-4-5-3-1/h1-4H,5H2;1-4H;2H,1H2,(H,4,5,6);1-2H,3H2. The number of nitrogens with zero attached hydrogens (tertiary/aromatic N) is 3. The zero-order valence-corrected chi connectivity index (χ0v) is 11.6. The van der Waals surface area contributed by atoms with Gasteiger partial charge in [0.15, 0.2) is 0 Å². The lowest BCUT2D eigenvalue weighted by Gasteiger charge is -1.76. The van der Waals surface area contributed by atoms with Crippen LogP contribution in [0.5, 0.6) is 0 Å². The number of carbonyl (C=O) groups is 1. The highest BCUT2D eigenvalue weighted by atomic mass is 16.3. The van der Waals surface area contributed by atoms with Gasteiger partial charge in [-0.1, -0.05) is 24.3 Å². The van der Waals surface area contributed by atoms with Crippen LogP contribution >= 0.6 is 0 Å². The molecule has 0 fully saturated rings.